The van der Waals surface area contributed by atoms with Gasteiger partial charge in [-0.25, -0.2) is 0 Å². The minimum Gasteiger partial charge on any atom is -0.354 e. The van der Waals surface area contributed by atoms with Gasteiger partial charge in [0.1, 0.15) is 11.1 Å². The summed E-state index contributed by atoms with van der Waals surface area (Å²) in [5.74, 6) is -0.168. The average Bonchev–Trinajstić information content (AvgIpc) is 2.71. The van der Waals surface area contributed by atoms with E-state index < -0.39 is 16.9 Å². The predicted molar refractivity (Wildman–Crippen MR) is 116 cm³/mol. The normalized spacial score (nSPS) is 11.5. The smallest absolute Gasteiger partial charge is 0.288 e. The highest BCUT2D eigenvalue weighted by Gasteiger charge is 2.22. The Hall–Kier alpha value is -2.58. The van der Waals surface area contributed by atoms with E-state index in [9.17, 15) is 19.7 Å². The third-order valence-electron chi connectivity index (χ3n) is 4.19. The number of thioether (sulfide) groups is 1. The number of benzene rings is 2. The molecule has 0 aliphatic carbocycles. The first-order valence-corrected chi connectivity index (χ1v) is 10.7. The van der Waals surface area contributed by atoms with Gasteiger partial charge in [0.25, 0.3) is 11.6 Å². The molecular formula is C20H22ClN3O4S. The van der Waals surface area contributed by atoms with E-state index in [1.54, 1.807) is 11.8 Å². The minimum absolute atomic E-state index is 0.0517. The van der Waals surface area contributed by atoms with Crippen molar-refractivity contribution in [2.75, 3.05) is 18.6 Å². The molecule has 0 saturated heterocycles. The highest BCUT2D eigenvalue weighted by atomic mass is 35.5. The van der Waals surface area contributed by atoms with Crippen LogP contribution in [-0.2, 0) is 11.2 Å². The van der Waals surface area contributed by atoms with Gasteiger partial charge in [-0.1, -0.05) is 41.9 Å². The lowest BCUT2D eigenvalue weighted by atomic mass is 10.1. The molecule has 0 fully saturated rings. The Labute approximate surface area is 178 Å². The average molecular weight is 436 g/mol. The number of carbonyl (C=O) groups is 2. The van der Waals surface area contributed by atoms with E-state index in [1.165, 1.54) is 12.1 Å². The maximum atomic E-state index is 12.6. The Balaban J connectivity index is 2.01. The molecule has 0 bridgehead atoms. The maximum absolute atomic E-state index is 12.6. The first kappa shape index (κ1) is 22.7. The van der Waals surface area contributed by atoms with Crippen LogP contribution in [0.4, 0.5) is 5.69 Å². The number of rotatable bonds is 10. The molecule has 0 aliphatic heterocycles. The molecule has 0 saturated carbocycles. The molecule has 2 rings (SSSR count). The molecule has 2 aromatic rings. The second-order valence-corrected chi connectivity index (χ2v) is 7.65. The molecule has 0 aliphatic rings. The van der Waals surface area contributed by atoms with E-state index in [0.29, 0.717) is 25.1 Å². The number of amides is 2. The first-order valence-electron chi connectivity index (χ1n) is 8.97. The SMILES string of the molecule is CSCCC(NC(=O)c1ccc(Cl)c([N+](=O)[O-])c1)C(=O)NCCc1ccccc1. The van der Waals surface area contributed by atoms with Crippen LogP contribution < -0.4 is 10.6 Å². The number of hydrogen-bond acceptors (Lipinski definition) is 5. The molecule has 7 nitrogen and oxygen atoms in total. The van der Waals surface area contributed by atoms with Crippen LogP contribution in [0.3, 0.4) is 0 Å². The van der Waals surface area contributed by atoms with Crippen molar-refractivity contribution < 1.29 is 14.5 Å². The Morgan fingerprint density at radius 1 is 1.21 bits per heavy atom. The van der Waals surface area contributed by atoms with Crippen LogP contribution in [0.2, 0.25) is 5.02 Å². The summed E-state index contributed by atoms with van der Waals surface area (Å²) in [6.45, 7) is 0.445. The molecule has 1 atom stereocenters. The van der Waals surface area contributed by atoms with Crippen molar-refractivity contribution in [2.24, 2.45) is 0 Å². The summed E-state index contributed by atoms with van der Waals surface area (Å²) in [5, 5.41) is 16.5. The second-order valence-electron chi connectivity index (χ2n) is 6.26. The predicted octanol–water partition coefficient (Wildman–Crippen LogP) is 3.46. The fourth-order valence-electron chi connectivity index (χ4n) is 2.64. The van der Waals surface area contributed by atoms with E-state index in [2.05, 4.69) is 10.6 Å². The van der Waals surface area contributed by atoms with E-state index in [1.807, 2.05) is 36.6 Å². The van der Waals surface area contributed by atoms with Crippen LogP contribution >= 0.6 is 23.4 Å². The number of nitro groups is 1. The zero-order valence-corrected chi connectivity index (χ0v) is 17.5. The van der Waals surface area contributed by atoms with Crippen molar-refractivity contribution in [1.29, 1.82) is 0 Å². The largest absolute Gasteiger partial charge is 0.354 e. The Morgan fingerprint density at radius 3 is 2.59 bits per heavy atom. The summed E-state index contributed by atoms with van der Waals surface area (Å²) in [6.07, 6.45) is 3.04. The highest BCUT2D eigenvalue weighted by molar-refractivity contribution is 7.98. The molecule has 2 aromatic carbocycles. The Morgan fingerprint density at radius 2 is 1.93 bits per heavy atom. The third kappa shape index (κ3) is 7.07. The van der Waals surface area contributed by atoms with E-state index >= 15 is 0 Å². The van der Waals surface area contributed by atoms with E-state index in [-0.39, 0.29) is 22.2 Å². The van der Waals surface area contributed by atoms with Gasteiger partial charge in [0.2, 0.25) is 5.91 Å². The quantitative estimate of drug-likeness (QED) is 0.439. The topological polar surface area (TPSA) is 101 Å². The minimum atomic E-state index is -0.736. The molecule has 0 aromatic heterocycles. The van der Waals surface area contributed by atoms with Crippen LogP contribution in [0.5, 0.6) is 0 Å². The molecule has 9 heteroatoms. The van der Waals surface area contributed by atoms with Crippen molar-refractivity contribution in [2.45, 2.75) is 18.9 Å². The lowest BCUT2D eigenvalue weighted by molar-refractivity contribution is -0.384. The van der Waals surface area contributed by atoms with Gasteiger partial charge in [0.05, 0.1) is 4.92 Å². The van der Waals surface area contributed by atoms with Crippen molar-refractivity contribution in [3.05, 3.63) is 74.8 Å². The standard InChI is InChI=1S/C20H22ClN3O4S/c1-29-12-10-17(20(26)22-11-9-14-5-3-2-4-6-14)23-19(25)15-7-8-16(21)18(13-15)24(27)28/h2-8,13,17H,9-12H2,1H3,(H,22,26)(H,23,25). The van der Waals surface area contributed by atoms with Crippen LogP contribution in [0.1, 0.15) is 22.3 Å². The van der Waals surface area contributed by atoms with Gasteiger partial charge in [-0.15, -0.1) is 0 Å². The molecule has 154 valence electrons. The molecule has 2 N–H and O–H groups in total. The molecule has 1 unspecified atom stereocenters. The van der Waals surface area contributed by atoms with Gasteiger partial charge < -0.3 is 10.6 Å². The summed E-state index contributed by atoms with van der Waals surface area (Å²) >= 11 is 7.35. The Kier molecular flexibility index (Phi) is 8.95. The zero-order valence-electron chi connectivity index (χ0n) is 15.9. The number of halogens is 1. The van der Waals surface area contributed by atoms with E-state index in [0.717, 1.165) is 11.6 Å². The number of carbonyl (C=O) groups excluding carboxylic acids is 2. The van der Waals surface area contributed by atoms with Gasteiger partial charge in [0.15, 0.2) is 0 Å². The maximum Gasteiger partial charge on any atom is 0.288 e. The van der Waals surface area contributed by atoms with Crippen molar-refractivity contribution in [1.82, 2.24) is 10.6 Å². The second kappa shape index (κ2) is 11.4. The monoisotopic (exact) mass is 435 g/mol. The van der Waals surface area contributed by atoms with Crippen molar-refractivity contribution in [3.8, 4) is 0 Å². The van der Waals surface area contributed by atoms with Crippen molar-refractivity contribution in [3.63, 3.8) is 0 Å². The lowest BCUT2D eigenvalue weighted by Crippen LogP contribution is -2.47. The Bertz CT molecular complexity index is 864. The number of nitro benzene ring substituents is 1. The van der Waals surface area contributed by atoms with Gasteiger partial charge in [-0.2, -0.15) is 11.8 Å². The van der Waals surface area contributed by atoms with Gasteiger partial charge in [0, 0.05) is 18.2 Å². The molecule has 0 heterocycles. The fourth-order valence-corrected chi connectivity index (χ4v) is 3.30. The summed E-state index contributed by atoms with van der Waals surface area (Å²) < 4.78 is 0. The zero-order chi connectivity index (χ0) is 21.2. The van der Waals surface area contributed by atoms with Crippen molar-refractivity contribution >= 4 is 40.9 Å². The van der Waals surface area contributed by atoms with Gasteiger partial charge in [-0.3, -0.25) is 19.7 Å². The number of nitrogens with one attached hydrogen (secondary N) is 2. The summed E-state index contributed by atoms with van der Waals surface area (Å²) in [4.78, 5) is 35.5. The van der Waals surface area contributed by atoms with Gasteiger partial charge in [-0.05, 0) is 42.5 Å². The third-order valence-corrected chi connectivity index (χ3v) is 5.16. The molecule has 0 radical (unpaired) electrons. The first-order chi connectivity index (χ1) is 13.9. The lowest BCUT2D eigenvalue weighted by Gasteiger charge is -2.18. The van der Waals surface area contributed by atoms with E-state index in [4.69, 9.17) is 11.6 Å². The van der Waals surface area contributed by atoms with Crippen LogP contribution in [-0.4, -0.2) is 41.3 Å². The van der Waals surface area contributed by atoms with Crippen LogP contribution in [0.25, 0.3) is 0 Å². The van der Waals surface area contributed by atoms with Crippen LogP contribution in [0, 0.1) is 10.1 Å². The fraction of sp³-hybridized carbons (Fsp3) is 0.300. The number of hydrogen-bond donors (Lipinski definition) is 2. The van der Waals surface area contributed by atoms with Crippen LogP contribution in [0.15, 0.2) is 48.5 Å². The highest BCUT2D eigenvalue weighted by Crippen LogP contribution is 2.25. The van der Waals surface area contributed by atoms with Gasteiger partial charge >= 0.3 is 0 Å². The molecule has 0 spiro atoms. The summed E-state index contributed by atoms with van der Waals surface area (Å²) in [5.41, 5.74) is 0.825. The molecule has 2 amide bonds. The summed E-state index contributed by atoms with van der Waals surface area (Å²) in [6, 6.07) is 12.8. The molecule has 29 heavy (non-hydrogen) atoms. The molecular weight excluding hydrogens is 414 g/mol. The number of nitrogens with zero attached hydrogens (tertiary/aromatic N) is 1. The summed E-state index contributed by atoms with van der Waals surface area (Å²) in [7, 11) is 0.